The van der Waals surface area contributed by atoms with Crippen molar-refractivity contribution in [2.45, 2.75) is 0 Å². The van der Waals surface area contributed by atoms with Crippen LogP contribution in [0.1, 0.15) is 5.56 Å². The van der Waals surface area contributed by atoms with Gasteiger partial charge in [0.15, 0.2) is 23.3 Å². The number of hydrogen-bond donors (Lipinski definition) is 0. The van der Waals surface area contributed by atoms with Crippen LogP contribution in [-0.4, -0.2) is 24.9 Å². The molecule has 51 heavy (non-hydrogen) atoms. The molecule has 0 unspecified atom stereocenters. The molecular formula is C44H26N6S. The van der Waals surface area contributed by atoms with Crippen molar-refractivity contribution in [1.29, 1.82) is 5.26 Å². The highest BCUT2D eigenvalue weighted by Gasteiger charge is 2.22. The number of rotatable bonds is 6. The molecule has 0 saturated heterocycles. The Morgan fingerprint density at radius 2 is 0.863 bits per heavy atom. The van der Waals surface area contributed by atoms with Gasteiger partial charge in [-0.15, -0.1) is 11.3 Å². The molecule has 0 amide bonds. The molecule has 0 bridgehead atoms. The first-order valence-electron chi connectivity index (χ1n) is 16.5. The average Bonchev–Trinajstić information content (AvgIpc) is 3.61. The van der Waals surface area contributed by atoms with Crippen LogP contribution < -0.4 is 0 Å². The lowest BCUT2D eigenvalue weighted by Crippen LogP contribution is -2.01. The van der Waals surface area contributed by atoms with Crippen molar-refractivity contribution >= 4 is 31.5 Å². The van der Waals surface area contributed by atoms with Crippen LogP contribution >= 0.6 is 11.3 Å². The number of benzene rings is 6. The third-order valence-corrected chi connectivity index (χ3v) is 10.0. The van der Waals surface area contributed by atoms with Gasteiger partial charge in [-0.05, 0) is 12.1 Å². The van der Waals surface area contributed by atoms with Gasteiger partial charge in [0.05, 0.1) is 11.4 Å². The van der Waals surface area contributed by atoms with Crippen molar-refractivity contribution in [3.63, 3.8) is 0 Å². The van der Waals surface area contributed by atoms with Crippen LogP contribution in [0.15, 0.2) is 158 Å². The molecule has 7 heteroatoms. The maximum atomic E-state index is 10.4. The van der Waals surface area contributed by atoms with Crippen LogP contribution in [0.2, 0.25) is 0 Å². The summed E-state index contributed by atoms with van der Waals surface area (Å²) in [5.74, 6) is 2.39. The standard InChI is InChI=1S/C44H26N6S/c45-27-35-38(28-15-5-1-6-16-28)46-44(47-39(35)29-17-7-2-8-18-29)34-25-13-23-32-37-33(24-14-26-36(37)51-40(32)34)43-49-41(30-19-9-3-10-20-30)48-42(50-43)31-21-11-4-12-22-31/h1-26H. The lowest BCUT2D eigenvalue weighted by Gasteiger charge is -2.12. The number of nitriles is 1. The third-order valence-electron chi connectivity index (χ3n) is 8.82. The first-order valence-corrected chi connectivity index (χ1v) is 17.3. The molecule has 0 aliphatic rings. The van der Waals surface area contributed by atoms with Crippen molar-refractivity contribution < 1.29 is 0 Å². The molecule has 3 aromatic heterocycles. The van der Waals surface area contributed by atoms with Crippen molar-refractivity contribution in [3.05, 3.63) is 163 Å². The molecule has 0 N–H and O–H groups in total. The highest BCUT2D eigenvalue weighted by molar-refractivity contribution is 7.26. The zero-order chi connectivity index (χ0) is 34.1. The molecule has 6 aromatic carbocycles. The van der Waals surface area contributed by atoms with Gasteiger partial charge in [0.1, 0.15) is 11.6 Å². The highest BCUT2D eigenvalue weighted by atomic mass is 32.1. The Labute approximate surface area is 298 Å². The summed E-state index contributed by atoms with van der Waals surface area (Å²) in [5, 5.41) is 12.5. The van der Waals surface area contributed by atoms with Crippen LogP contribution in [0.5, 0.6) is 0 Å². The zero-order valence-corrected chi connectivity index (χ0v) is 27.9. The minimum absolute atomic E-state index is 0.445. The van der Waals surface area contributed by atoms with Gasteiger partial charge in [0, 0.05) is 53.6 Å². The Morgan fingerprint density at radius 1 is 0.412 bits per heavy atom. The summed E-state index contributed by atoms with van der Waals surface area (Å²) in [6.07, 6.45) is 0. The molecular weight excluding hydrogens is 645 g/mol. The first kappa shape index (κ1) is 30.2. The lowest BCUT2D eigenvalue weighted by molar-refractivity contribution is 1.08. The molecule has 0 fully saturated rings. The number of thiophene rings is 1. The minimum atomic E-state index is 0.445. The average molecular weight is 671 g/mol. The molecule has 0 aliphatic heterocycles. The summed E-state index contributed by atoms with van der Waals surface area (Å²) >= 11 is 1.69. The third kappa shape index (κ3) is 5.50. The second-order valence-electron chi connectivity index (χ2n) is 12.0. The van der Waals surface area contributed by atoms with E-state index in [9.17, 15) is 5.26 Å². The van der Waals surface area contributed by atoms with E-state index in [1.807, 2.05) is 127 Å². The van der Waals surface area contributed by atoms with Gasteiger partial charge >= 0.3 is 0 Å². The van der Waals surface area contributed by atoms with Gasteiger partial charge in [0.2, 0.25) is 0 Å². The van der Waals surface area contributed by atoms with E-state index in [2.05, 4.69) is 36.4 Å². The van der Waals surface area contributed by atoms with Gasteiger partial charge in [-0.1, -0.05) is 146 Å². The maximum Gasteiger partial charge on any atom is 0.164 e. The van der Waals surface area contributed by atoms with Crippen molar-refractivity contribution in [2.24, 2.45) is 0 Å². The van der Waals surface area contributed by atoms with E-state index in [0.29, 0.717) is 40.2 Å². The molecule has 6 nitrogen and oxygen atoms in total. The Hall–Kier alpha value is -6.88. The summed E-state index contributed by atoms with van der Waals surface area (Å²) in [6, 6.07) is 54.7. The van der Waals surface area contributed by atoms with Gasteiger partial charge in [0.25, 0.3) is 0 Å². The van der Waals surface area contributed by atoms with E-state index in [0.717, 1.165) is 53.6 Å². The van der Waals surface area contributed by atoms with Crippen LogP contribution in [0, 0.1) is 11.3 Å². The smallest absolute Gasteiger partial charge is 0.164 e. The van der Waals surface area contributed by atoms with E-state index in [1.165, 1.54) is 0 Å². The molecule has 9 aromatic rings. The first-order chi connectivity index (χ1) is 25.2. The van der Waals surface area contributed by atoms with Crippen molar-refractivity contribution in [3.8, 4) is 74.1 Å². The van der Waals surface area contributed by atoms with Crippen LogP contribution in [0.25, 0.3) is 88.2 Å². The molecule has 0 radical (unpaired) electrons. The molecule has 238 valence electrons. The summed E-state index contributed by atoms with van der Waals surface area (Å²) < 4.78 is 2.14. The predicted octanol–water partition coefficient (Wildman–Crippen LogP) is 10.9. The molecule has 9 rings (SSSR count). The number of aromatic nitrogens is 5. The predicted molar refractivity (Wildman–Crippen MR) is 206 cm³/mol. The second kappa shape index (κ2) is 12.9. The maximum absolute atomic E-state index is 10.4. The molecule has 0 saturated carbocycles. The fourth-order valence-electron chi connectivity index (χ4n) is 6.44. The number of nitrogens with zero attached hydrogens (tertiary/aromatic N) is 6. The summed E-state index contributed by atoms with van der Waals surface area (Å²) in [7, 11) is 0. The van der Waals surface area contributed by atoms with Gasteiger partial charge < -0.3 is 0 Å². The van der Waals surface area contributed by atoms with E-state index < -0.39 is 0 Å². The van der Waals surface area contributed by atoms with Crippen molar-refractivity contribution in [1.82, 2.24) is 24.9 Å². The van der Waals surface area contributed by atoms with Crippen LogP contribution in [0.3, 0.4) is 0 Å². The zero-order valence-electron chi connectivity index (χ0n) is 27.1. The summed E-state index contributed by atoms with van der Waals surface area (Å²) in [4.78, 5) is 25.2. The second-order valence-corrected chi connectivity index (χ2v) is 13.0. The normalized spacial score (nSPS) is 11.1. The van der Waals surface area contributed by atoms with E-state index >= 15 is 0 Å². The topological polar surface area (TPSA) is 88.2 Å². The molecule has 0 spiro atoms. The van der Waals surface area contributed by atoms with E-state index in [-0.39, 0.29) is 0 Å². The Balaban J connectivity index is 1.28. The quantitative estimate of drug-likeness (QED) is 0.175. The highest BCUT2D eigenvalue weighted by Crippen LogP contribution is 2.44. The van der Waals surface area contributed by atoms with Gasteiger partial charge in [-0.3, -0.25) is 0 Å². The minimum Gasteiger partial charge on any atom is -0.227 e. The van der Waals surface area contributed by atoms with E-state index in [4.69, 9.17) is 24.9 Å². The Bertz CT molecular complexity index is 2620. The summed E-state index contributed by atoms with van der Waals surface area (Å²) in [5.41, 5.74) is 7.03. The lowest BCUT2D eigenvalue weighted by atomic mass is 9.99. The van der Waals surface area contributed by atoms with Gasteiger partial charge in [-0.25, -0.2) is 24.9 Å². The Morgan fingerprint density at radius 3 is 1.39 bits per heavy atom. The fourth-order valence-corrected chi connectivity index (χ4v) is 7.67. The SMILES string of the molecule is N#Cc1c(-c2ccccc2)nc(-c2cccc3c2sc2cccc(-c4nc(-c5ccccc5)nc(-c5ccccc5)n4)c23)nc1-c1ccccc1. The molecule has 0 aliphatic carbocycles. The molecule has 3 heterocycles. The van der Waals surface area contributed by atoms with Gasteiger partial charge in [-0.2, -0.15) is 5.26 Å². The number of hydrogen-bond acceptors (Lipinski definition) is 7. The molecule has 0 atom stereocenters. The summed E-state index contributed by atoms with van der Waals surface area (Å²) in [6.45, 7) is 0. The monoisotopic (exact) mass is 670 g/mol. The number of fused-ring (bicyclic) bond motifs is 3. The van der Waals surface area contributed by atoms with Crippen LogP contribution in [-0.2, 0) is 0 Å². The largest absolute Gasteiger partial charge is 0.227 e. The van der Waals surface area contributed by atoms with E-state index in [1.54, 1.807) is 11.3 Å². The van der Waals surface area contributed by atoms with Crippen LogP contribution in [0.4, 0.5) is 0 Å². The fraction of sp³-hybridized carbons (Fsp3) is 0. The Kier molecular flexibility index (Phi) is 7.62. The van der Waals surface area contributed by atoms with Crippen molar-refractivity contribution in [2.75, 3.05) is 0 Å².